The number of H-pyrrole nitrogens is 1. The molecular formula is C14H19NO2. The molecule has 0 saturated carbocycles. The molecule has 1 aromatic carbocycles. The van der Waals surface area contributed by atoms with Gasteiger partial charge >= 0.3 is 5.76 Å². The summed E-state index contributed by atoms with van der Waals surface area (Å²) in [6.07, 6.45) is 4.81. The molecule has 1 aromatic heterocycles. The minimum Gasteiger partial charge on any atom is -0.408 e. The molecule has 92 valence electrons. The van der Waals surface area contributed by atoms with Crippen LogP contribution in [0.25, 0.3) is 11.1 Å². The lowest BCUT2D eigenvalue weighted by molar-refractivity contribution is 0.554. The van der Waals surface area contributed by atoms with E-state index in [2.05, 4.69) is 24.9 Å². The first-order valence-electron chi connectivity index (χ1n) is 6.37. The number of hydrogen-bond acceptors (Lipinski definition) is 2. The van der Waals surface area contributed by atoms with Gasteiger partial charge in [-0.3, -0.25) is 4.98 Å². The average molecular weight is 233 g/mol. The molecule has 0 fully saturated rings. The van der Waals surface area contributed by atoms with Crippen molar-refractivity contribution in [3.05, 3.63) is 34.3 Å². The minimum absolute atomic E-state index is 0.376. The van der Waals surface area contributed by atoms with Gasteiger partial charge in [0.25, 0.3) is 0 Å². The van der Waals surface area contributed by atoms with Crippen LogP contribution in [-0.2, 0) is 0 Å². The van der Waals surface area contributed by atoms with E-state index < -0.39 is 0 Å². The van der Waals surface area contributed by atoms with Crippen LogP contribution in [0.1, 0.15) is 51.0 Å². The van der Waals surface area contributed by atoms with E-state index in [9.17, 15) is 4.79 Å². The highest BCUT2D eigenvalue weighted by Crippen LogP contribution is 2.27. The summed E-state index contributed by atoms with van der Waals surface area (Å²) < 4.78 is 5.01. The third-order valence-corrected chi connectivity index (χ3v) is 3.31. The van der Waals surface area contributed by atoms with E-state index in [1.807, 2.05) is 12.1 Å². The number of nitrogens with one attached hydrogen (secondary N) is 1. The van der Waals surface area contributed by atoms with E-state index in [1.54, 1.807) is 0 Å². The summed E-state index contributed by atoms with van der Waals surface area (Å²) in [5.74, 6) is 0.205. The third-order valence-electron chi connectivity index (χ3n) is 3.31. The van der Waals surface area contributed by atoms with Gasteiger partial charge in [-0.1, -0.05) is 32.8 Å². The van der Waals surface area contributed by atoms with Gasteiger partial charge in [-0.25, -0.2) is 4.79 Å². The Labute approximate surface area is 101 Å². The Hall–Kier alpha value is -1.51. The largest absolute Gasteiger partial charge is 0.417 e. The summed E-state index contributed by atoms with van der Waals surface area (Å²) >= 11 is 0. The van der Waals surface area contributed by atoms with E-state index in [0.717, 1.165) is 11.9 Å². The lowest BCUT2D eigenvalue weighted by Gasteiger charge is -2.14. The van der Waals surface area contributed by atoms with Crippen molar-refractivity contribution in [2.45, 2.75) is 45.4 Å². The van der Waals surface area contributed by atoms with E-state index in [0.29, 0.717) is 11.5 Å². The van der Waals surface area contributed by atoms with Crippen LogP contribution in [-0.4, -0.2) is 4.98 Å². The van der Waals surface area contributed by atoms with Crippen LogP contribution >= 0.6 is 0 Å². The first-order valence-corrected chi connectivity index (χ1v) is 6.37. The summed E-state index contributed by atoms with van der Waals surface area (Å²) in [5, 5.41) is 0. The summed E-state index contributed by atoms with van der Waals surface area (Å²) in [7, 11) is 0. The molecule has 1 heterocycles. The second-order valence-corrected chi connectivity index (χ2v) is 4.52. The first-order chi connectivity index (χ1) is 8.24. The van der Waals surface area contributed by atoms with Gasteiger partial charge in [0, 0.05) is 0 Å². The van der Waals surface area contributed by atoms with E-state index in [4.69, 9.17) is 4.42 Å². The molecule has 1 atom stereocenters. The molecule has 1 N–H and O–H groups in total. The fourth-order valence-corrected chi connectivity index (χ4v) is 2.28. The van der Waals surface area contributed by atoms with E-state index >= 15 is 0 Å². The second-order valence-electron chi connectivity index (χ2n) is 4.52. The zero-order valence-electron chi connectivity index (χ0n) is 10.5. The monoisotopic (exact) mass is 233 g/mol. The minimum atomic E-state index is -0.376. The van der Waals surface area contributed by atoms with Crippen molar-refractivity contribution in [1.82, 2.24) is 4.98 Å². The fourth-order valence-electron chi connectivity index (χ4n) is 2.28. The maximum absolute atomic E-state index is 11.1. The summed E-state index contributed by atoms with van der Waals surface area (Å²) in [4.78, 5) is 13.8. The van der Waals surface area contributed by atoms with Gasteiger partial charge < -0.3 is 4.42 Å². The van der Waals surface area contributed by atoms with Crippen LogP contribution < -0.4 is 5.76 Å². The molecule has 0 saturated heterocycles. The van der Waals surface area contributed by atoms with Crippen molar-refractivity contribution < 1.29 is 4.42 Å². The van der Waals surface area contributed by atoms with Gasteiger partial charge in [-0.2, -0.15) is 0 Å². The van der Waals surface area contributed by atoms with E-state index in [1.165, 1.54) is 24.8 Å². The SMILES string of the molecule is CCCCC(CC)c1ccc2oc(=O)[nH]c2c1. The smallest absolute Gasteiger partial charge is 0.408 e. The van der Waals surface area contributed by atoms with Gasteiger partial charge in [0.2, 0.25) is 0 Å². The molecule has 1 unspecified atom stereocenters. The van der Waals surface area contributed by atoms with Crippen molar-refractivity contribution in [2.75, 3.05) is 0 Å². The number of fused-ring (bicyclic) bond motifs is 1. The van der Waals surface area contributed by atoms with Crippen molar-refractivity contribution in [2.24, 2.45) is 0 Å². The number of rotatable bonds is 5. The highest BCUT2D eigenvalue weighted by molar-refractivity contribution is 5.72. The van der Waals surface area contributed by atoms with Crippen molar-refractivity contribution in [1.29, 1.82) is 0 Å². The fraction of sp³-hybridized carbons (Fsp3) is 0.500. The Bertz CT molecular complexity index is 538. The van der Waals surface area contributed by atoms with Crippen molar-refractivity contribution in [3.8, 4) is 0 Å². The van der Waals surface area contributed by atoms with Gasteiger partial charge in [0.1, 0.15) is 0 Å². The molecule has 17 heavy (non-hydrogen) atoms. The summed E-state index contributed by atoms with van der Waals surface area (Å²) in [6, 6.07) is 6.00. The maximum atomic E-state index is 11.1. The summed E-state index contributed by atoms with van der Waals surface area (Å²) in [5.41, 5.74) is 2.75. The molecule has 0 aliphatic carbocycles. The normalized spacial score (nSPS) is 13.1. The molecule has 0 amide bonds. The number of aromatic amines is 1. The van der Waals surface area contributed by atoms with E-state index in [-0.39, 0.29) is 5.76 Å². The Morgan fingerprint density at radius 2 is 2.18 bits per heavy atom. The topological polar surface area (TPSA) is 46.0 Å². The molecule has 0 spiro atoms. The van der Waals surface area contributed by atoms with Gasteiger partial charge in [0.15, 0.2) is 5.58 Å². The molecule has 3 nitrogen and oxygen atoms in total. The van der Waals surface area contributed by atoms with Crippen LogP contribution in [0.5, 0.6) is 0 Å². The van der Waals surface area contributed by atoms with Crippen LogP contribution in [0.4, 0.5) is 0 Å². The maximum Gasteiger partial charge on any atom is 0.417 e. The van der Waals surface area contributed by atoms with Crippen LogP contribution in [0.2, 0.25) is 0 Å². The predicted molar refractivity (Wildman–Crippen MR) is 69.4 cm³/mol. The highest BCUT2D eigenvalue weighted by atomic mass is 16.4. The van der Waals surface area contributed by atoms with Gasteiger partial charge in [-0.05, 0) is 36.5 Å². The van der Waals surface area contributed by atoms with Crippen molar-refractivity contribution >= 4 is 11.1 Å². The Balaban J connectivity index is 2.30. The van der Waals surface area contributed by atoms with Crippen LogP contribution in [0.3, 0.4) is 0 Å². The highest BCUT2D eigenvalue weighted by Gasteiger charge is 2.10. The molecule has 2 rings (SSSR count). The second kappa shape index (κ2) is 5.21. The number of hydrogen-bond donors (Lipinski definition) is 1. The third kappa shape index (κ3) is 2.60. The number of oxazole rings is 1. The Morgan fingerprint density at radius 1 is 1.35 bits per heavy atom. The summed E-state index contributed by atoms with van der Waals surface area (Å²) in [6.45, 7) is 4.42. The first kappa shape index (κ1) is 12.0. The number of aromatic nitrogens is 1. The molecule has 0 radical (unpaired) electrons. The Kier molecular flexibility index (Phi) is 3.67. The molecule has 0 aliphatic heterocycles. The molecule has 3 heteroatoms. The van der Waals surface area contributed by atoms with Gasteiger partial charge in [-0.15, -0.1) is 0 Å². The average Bonchev–Trinajstić information content (AvgIpc) is 2.69. The quantitative estimate of drug-likeness (QED) is 0.853. The lowest BCUT2D eigenvalue weighted by Crippen LogP contribution is -1.97. The van der Waals surface area contributed by atoms with Crippen LogP contribution in [0, 0.1) is 0 Å². The molecule has 0 bridgehead atoms. The van der Waals surface area contributed by atoms with Crippen LogP contribution in [0.15, 0.2) is 27.4 Å². The number of benzene rings is 1. The molecular weight excluding hydrogens is 214 g/mol. The lowest BCUT2D eigenvalue weighted by atomic mass is 9.91. The molecule has 0 aliphatic rings. The molecule has 2 aromatic rings. The predicted octanol–water partition coefficient (Wildman–Crippen LogP) is 3.80. The standard InChI is InChI=1S/C14H19NO2/c1-3-5-6-10(4-2)11-7-8-13-12(9-11)15-14(16)17-13/h7-10H,3-6H2,1-2H3,(H,15,16). The van der Waals surface area contributed by atoms with Crippen molar-refractivity contribution in [3.63, 3.8) is 0 Å². The zero-order valence-corrected chi connectivity index (χ0v) is 10.5. The Morgan fingerprint density at radius 3 is 2.88 bits per heavy atom. The zero-order chi connectivity index (χ0) is 12.3. The number of unbranched alkanes of at least 4 members (excludes halogenated alkanes) is 1. The van der Waals surface area contributed by atoms with Gasteiger partial charge in [0.05, 0.1) is 5.52 Å².